The molecule has 5 heteroatoms. The number of ether oxygens (including phenoxy) is 3. The van der Waals surface area contributed by atoms with E-state index in [1.54, 1.807) is 0 Å². The van der Waals surface area contributed by atoms with Crippen molar-refractivity contribution in [1.29, 1.82) is 0 Å². The summed E-state index contributed by atoms with van der Waals surface area (Å²) in [4.78, 5) is 4.80. The third-order valence-corrected chi connectivity index (χ3v) is 5.21. The van der Waals surface area contributed by atoms with Gasteiger partial charge in [-0.25, -0.2) is 4.99 Å². The molecule has 1 atom stereocenters. The Kier molecular flexibility index (Phi) is 4.20. The molecule has 0 spiro atoms. The van der Waals surface area contributed by atoms with Crippen molar-refractivity contribution in [2.45, 2.75) is 46.4 Å². The molecular formula is C14H24INO3. The molecule has 0 aliphatic carbocycles. The summed E-state index contributed by atoms with van der Waals surface area (Å²) in [6.07, 6.45) is 0. The fourth-order valence-corrected chi connectivity index (χ4v) is 2.84. The fraction of sp³-hybridized carbons (Fsp3) is 0.929. The molecule has 0 aromatic heterocycles. The number of alkyl halides is 1. The minimum Gasteiger partial charge on any atom is -0.478 e. The van der Waals surface area contributed by atoms with Gasteiger partial charge in [0.1, 0.15) is 12.0 Å². The topological polar surface area (TPSA) is 40.0 Å². The van der Waals surface area contributed by atoms with Crippen molar-refractivity contribution in [3.63, 3.8) is 0 Å². The summed E-state index contributed by atoms with van der Waals surface area (Å²) in [6, 6.07) is 0.220. The van der Waals surface area contributed by atoms with Crippen LogP contribution in [-0.2, 0) is 14.2 Å². The summed E-state index contributed by atoms with van der Waals surface area (Å²) in [5, 5.41) is 0. The first kappa shape index (κ1) is 15.5. The molecule has 2 heterocycles. The lowest BCUT2D eigenvalue weighted by atomic mass is 9.87. The van der Waals surface area contributed by atoms with Gasteiger partial charge in [-0.1, -0.05) is 43.4 Å². The number of hydrogen-bond acceptors (Lipinski definition) is 4. The van der Waals surface area contributed by atoms with Crippen LogP contribution in [0, 0.1) is 10.8 Å². The highest BCUT2D eigenvalue weighted by atomic mass is 127. The lowest BCUT2D eigenvalue weighted by Crippen LogP contribution is -2.51. The van der Waals surface area contributed by atoms with Crippen molar-refractivity contribution < 1.29 is 14.2 Å². The monoisotopic (exact) mass is 381 g/mol. The van der Waals surface area contributed by atoms with Gasteiger partial charge >= 0.3 is 0 Å². The van der Waals surface area contributed by atoms with Crippen molar-refractivity contribution in [1.82, 2.24) is 0 Å². The summed E-state index contributed by atoms with van der Waals surface area (Å²) in [7, 11) is 0. The third kappa shape index (κ3) is 3.24. The fourth-order valence-electron chi connectivity index (χ4n) is 2.07. The second kappa shape index (κ2) is 5.15. The molecule has 0 unspecified atom stereocenters. The summed E-state index contributed by atoms with van der Waals surface area (Å²) in [5.74, 6) is 0.315. The molecule has 4 nitrogen and oxygen atoms in total. The zero-order valence-electron chi connectivity index (χ0n) is 12.5. The maximum absolute atomic E-state index is 5.88. The molecule has 0 aromatic rings. The van der Waals surface area contributed by atoms with E-state index in [1.165, 1.54) is 0 Å². The van der Waals surface area contributed by atoms with E-state index in [9.17, 15) is 0 Å². The van der Waals surface area contributed by atoms with Crippen LogP contribution >= 0.6 is 22.6 Å². The maximum atomic E-state index is 5.88. The van der Waals surface area contributed by atoms with Gasteiger partial charge in [-0.05, 0) is 19.3 Å². The Labute approximate surface area is 129 Å². The highest BCUT2D eigenvalue weighted by Crippen LogP contribution is 2.37. The molecule has 2 rings (SSSR count). The SMILES string of the molecule is CC1(C)OCC(CI)(C2=N[C@@H](C(C)(C)C)CO2)CO1. The Bertz CT molecular complexity index is 363. The predicted octanol–water partition coefficient (Wildman–Crippen LogP) is 3.03. The quantitative estimate of drug-likeness (QED) is 0.545. The van der Waals surface area contributed by atoms with Crippen LogP contribution in [0.2, 0.25) is 0 Å². The Hall–Kier alpha value is 0.120. The minimum absolute atomic E-state index is 0.129. The van der Waals surface area contributed by atoms with Gasteiger partial charge in [0.05, 0.1) is 19.3 Å². The normalized spacial score (nSPS) is 29.8. The van der Waals surface area contributed by atoms with Crippen molar-refractivity contribution in [3.8, 4) is 0 Å². The number of hydrogen-bond donors (Lipinski definition) is 0. The van der Waals surface area contributed by atoms with Gasteiger partial charge in [0.15, 0.2) is 11.7 Å². The van der Waals surface area contributed by atoms with Crippen LogP contribution in [0.1, 0.15) is 34.6 Å². The lowest BCUT2D eigenvalue weighted by Gasteiger charge is -2.41. The van der Waals surface area contributed by atoms with Crippen LogP contribution in [-0.4, -0.2) is 42.0 Å². The van der Waals surface area contributed by atoms with Gasteiger partial charge in [-0.3, -0.25) is 0 Å². The first-order valence-electron chi connectivity index (χ1n) is 6.74. The molecular weight excluding hydrogens is 357 g/mol. The van der Waals surface area contributed by atoms with Gasteiger partial charge in [-0.15, -0.1) is 0 Å². The molecule has 0 aromatic carbocycles. The van der Waals surface area contributed by atoms with Gasteiger partial charge in [0.2, 0.25) is 0 Å². The number of aliphatic imine (C=N–C) groups is 1. The van der Waals surface area contributed by atoms with Gasteiger partial charge in [-0.2, -0.15) is 0 Å². The van der Waals surface area contributed by atoms with Gasteiger partial charge in [0, 0.05) is 4.43 Å². The second-order valence-electron chi connectivity index (χ2n) is 7.02. The standard InChI is InChI=1S/C14H24INO3/c1-12(2,3)10-6-17-11(16-10)14(7-15)8-18-13(4,5)19-9-14/h10H,6-9H2,1-5H3/t10-/m1/s1. The van der Waals surface area contributed by atoms with Crippen LogP contribution in [0.4, 0.5) is 0 Å². The van der Waals surface area contributed by atoms with Crippen LogP contribution in [0.15, 0.2) is 4.99 Å². The van der Waals surface area contributed by atoms with E-state index >= 15 is 0 Å². The van der Waals surface area contributed by atoms with E-state index in [0.717, 1.165) is 10.3 Å². The Balaban J connectivity index is 2.16. The van der Waals surface area contributed by atoms with E-state index in [0.29, 0.717) is 19.8 Å². The second-order valence-corrected chi connectivity index (χ2v) is 7.78. The molecule has 0 radical (unpaired) electrons. The Morgan fingerprint density at radius 1 is 1.26 bits per heavy atom. The molecule has 0 amide bonds. The average molecular weight is 381 g/mol. The zero-order valence-corrected chi connectivity index (χ0v) is 14.6. The first-order chi connectivity index (χ1) is 8.69. The maximum Gasteiger partial charge on any atom is 0.195 e. The molecule has 2 aliphatic rings. The molecule has 0 N–H and O–H groups in total. The molecule has 1 saturated heterocycles. The molecule has 19 heavy (non-hydrogen) atoms. The zero-order chi connectivity index (χ0) is 14.3. The van der Waals surface area contributed by atoms with Gasteiger partial charge in [0.25, 0.3) is 0 Å². The molecule has 2 aliphatic heterocycles. The van der Waals surface area contributed by atoms with E-state index < -0.39 is 5.79 Å². The van der Waals surface area contributed by atoms with Gasteiger partial charge < -0.3 is 14.2 Å². The van der Waals surface area contributed by atoms with Crippen molar-refractivity contribution in [2.75, 3.05) is 24.2 Å². The number of halogens is 1. The van der Waals surface area contributed by atoms with Crippen LogP contribution < -0.4 is 0 Å². The predicted molar refractivity (Wildman–Crippen MR) is 83.9 cm³/mol. The summed E-state index contributed by atoms with van der Waals surface area (Å²) in [5.41, 5.74) is -0.0973. The summed E-state index contributed by atoms with van der Waals surface area (Å²) >= 11 is 2.37. The van der Waals surface area contributed by atoms with Crippen molar-refractivity contribution in [2.24, 2.45) is 15.8 Å². The third-order valence-electron chi connectivity index (χ3n) is 3.75. The first-order valence-corrected chi connectivity index (χ1v) is 8.26. The van der Waals surface area contributed by atoms with Crippen molar-refractivity contribution in [3.05, 3.63) is 0 Å². The Morgan fingerprint density at radius 2 is 1.84 bits per heavy atom. The van der Waals surface area contributed by atoms with Crippen LogP contribution in [0.3, 0.4) is 0 Å². The summed E-state index contributed by atoms with van der Waals surface area (Å²) in [6.45, 7) is 12.4. The molecule has 0 bridgehead atoms. The lowest BCUT2D eigenvalue weighted by molar-refractivity contribution is -0.270. The van der Waals surface area contributed by atoms with E-state index in [4.69, 9.17) is 19.2 Å². The smallest absolute Gasteiger partial charge is 0.195 e. The largest absolute Gasteiger partial charge is 0.478 e. The highest BCUT2D eigenvalue weighted by molar-refractivity contribution is 14.1. The van der Waals surface area contributed by atoms with Crippen molar-refractivity contribution >= 4 is 28.5 Å². The number of nitrogens with zero attached hydrogens (tertiary/aromatic N) is 1. The molecule has 1 fully saturated rings. The van der Waals surface area contributed by atoms with Crippen LogP contribution in [0.5, 0.6) is 0 Å². The van der Waals surface area contributed by atoms with E-state index in [-0.39, 0.29) is 16.9 Å². The van der Waals surface area contributed by atoms with Crippen LogP contribution in [0.25, 0.3) is 0 Å². The van der Waals surface area contributed by atoms with E-state index in [2.05, 4.69) is 43.4 Å². The minimum atomic E-state index is -0.502. The molecule has 0 saturated carbocycles. The number of rotatable bonds is 2. The molecule has 110 valence electrons. The average Bonchev–Trinajstić information content (AvgIpc) is 2.79. The van der Waals surface area contributed by atoms with E-state index in [1.807, 2.05) is 13.8 Å². The summed E-state index contributed by atoms with van der Waals surface area (Å²) < 4.78 is 18.4. The highest BCUT2D eigenvalue weighted by Gasteiger charge is 2.47. The Morgan fingerprint density at radius 3 is 2.26 bits per heavy atom.